The molecule has 2 aliphatic rings. The highest BCUT2D eigenvalue weighted by atomic mass is 32.1. The zero-order chi connectivity index (χ0) is 24.4. The predicted octanol–water partition coefficient (Wildman–Crippen LogP) is 3.97. The maximum Gasteiger partial charge on any atom is 0.257 e. The van der Waals surface area contributed by atoms with Gasteiger partial charge in [-0.2, -0.15) is 0 Å². The number of thiophene rings is 1. The largest absolute Gasteiger partial charge is 0.328 e. The Bertz CT molecular complexity index is 1210. The van der Waals surface area contributed by atoms with Crippen LogP contribution in [0.3, 0.4) is 0 Å². The molecule has 1 fully saturated rings. The molecule has 2 heterocycles. The molecule has 0 radical (unpaired) electrons. The maximum absolute atomic E-state index is 13.8. The van der Waals surface area contributed by atoms with Crippen LogP contribution >= 0.6 is 11.3 Å². The number of anilines is 1. The summed E-state index contributed by atoms with van der Waals surface area (Å²) in [5.74, 6) is 0.538. The third kappa shape index (κ3) is 5.34. The van der Waals surface area contributed by atoms with Crippen LogP contribution in [0.5, 0.6) is 0 Å². The van der Waals surface area contributed by atoms with Gasteiger partial charge in [-0.1, -0.05) is 55.0 Å². The molecular weight excluding hydrogens is 454 g/mol. The van der Waals surface area contributed by atoms with E-state index < -0.39 is 0 Å². The van der Waals surface area contributed by atoms with E-state index in [1.54, 1.807) is 11.3 Å². The van der Waals surface area contributed by atoms with Gasteiger partial charge in [0.05, 0.1) is 31.7 Å². The van der Waals surface area contributed by atoms with Crippen LogP contribution in [0.4, 0.5) is 5.00 Å². The van der Waals surface area contributed by atoms with Crippen molar-refractivity contribution >= 4 is 28.2 Å². The number of hydrogen-bond donors (Lipinski definition) is 2. The van der Waals surface area contributed by atoms with Crippen molar-refractivity contribution in [3.63, 3.8) is 0 Å². The third-order valence-electron chi connectivity index (χ3n) is 7.29. The highest BCUT2D eigenvalue weighted by molar-refractivity contribution is 7.17. The van der Waals surface area contributed by atoms with Crippen molar-refractivity contribution in [3.8, 4) is 0 Å². The molecule has 0 saturated carbocycles. The van der Waals surface area contributed by atoms with Crippen LogP contribution in [0, 0.1) is 12.8 Å². The minimum absolute atomic E-state index is 0.0790. The van der Waals surface area contributed by atoms with Crippen molar-refractivity contribution in [3.05, 3.63) is 87.3 Å². The van der Waals surface area contributed by atoms with Crippen LogP contribution in [0.15, 0.2) is 54.6 Å². The number of piperazine rings is 1. The summed E-state index contributed by atoms with van der Waals surface area (Å²) in [5, 5.41) is 3.84. The molecule has 6 heteroatoms. The minimum Gasteiger partial charge on any atom is -0.328 e. The van der Waals surface area contributed by atoms with E-state index in [0.717, 1.165) is 73.7 Å². The van der Waals surface area contributed by atoms with E-state index in [0.29, 0.717) is 11.5 Å². The molecule has 1 atom stereocenters. The highest BCUT2D eigenvalue weighted by Crippen LogP contribution is 2.40. The van der Waals surface area contributed by atoms with Crippen LogP contribution in [-0.2, 0) is 19.4 Å². The van der Waals surface area contributed by atoms with Crippen LogP contribution in [0.25, 0.3) is 0 Å². The second kappa shape index (κ2) is 10.3. The average Bonchev–Trinajstić information content (AvgIpc) is 3.21. The first kappa shape index (κ1) is 23.8. The quantitative estimate of drug-likeness (QED) is 0.571. The Morgan fingerprint density at radius 2 is 1.86 bits per heavy atom. The van der Waals surface area contributed by atoms with Crippen molar-refractivity contribution in [1.29, 1.82) is 0 Å². The number of hydrogen-bond acceptors (Lipinski definition) is 3. The van der Waals surface area contributed by atoms with Gasteiger partial charge in [0, 0.05) is 16.0 Å². The van der Waals surface area contributed by atoms with Gasteiger partial charge in [0.1, 0.15) is 11.5 Å². The summed E-state index contributed by atoms with van der Waals surface area (Å²) in [6.07, 6.45) is 2.98. The van der Waals surface area contributed by atoms with E-state index in [2.05, 4.69) is 36.5 Å². The van der Waals surface area contributed by atoms with Crippen molar-refractivity contribution in [2.75, 3.05) is 31.5 Å². The maximum atomic E-state index is 13.8. The number of aryl methyl sites for hydroxylation is 1. The van der Waals surface area contributed by atoms with E-state index in [1.807, 2.05) is 42.2 Å². The molecule has 5 rings (SSSR count). The van der Waals surface area contributed by atoms with E-state index >= 15 is 0 Å². The lowest BCUT2D eigenvalue weighted by Gasteiger charge is -2.33. The van der Waals surface area contributed by atoms with Crippen LogP contribution in [-0.4, -0.2) is 42.9 Å². The number of quaternary nitrogens is 1. The lowest BCUT2D eigenvalue weighted by molar-refractivity contribution is -0.917. The van der Waals surface area contributed by atoms with Gasteiger partial charge in [-0.05, 0) is 49.8 Å². The predicted molar refractivity (Wildman–Crippen MR) is 141 cm³/mol. The van der Waals surface area contributed by atoms with Crippen LogP contribution < -0.4 is 10.2 Å². The second-order valence-corrected chi connectivity index (χ2v) is 11.2. The Labute approximate surface area is 211 Å². The Morgan fingerprint density at radius 3 is 2.60 bits per heavy atom. The van der Waals surface area contributed by atoms with Crippen molar-refractivity contribution in [1.82, 2.24) is 4.90 Å². The van der Waals surface area contributed by atoms with Gasteiger partial charge >= 0.3 is 0 Å². The SMILES string of the molecule is Cc1cccc(C(=O)Nc2sc3c(c2C(=O)N2CC[NH+](Cc4ccccc4)CC2)CCC(C)C3)c1. The fourth-order valence-corrected chi connectivity index (χ4v) is 6.67. The fraction of sp³-hybridized carbons (Fsp3) is 0.379. The van der Waals surface area contributed by atoms with Crippen molar-refractivity contribution < 1.29 is 14.5 Å². The number of nitrogens with one attached hydrogen (secondary N) is 2. The molecule has 35 heavy (non-hydrogen) atoms. The average molecular weight is 489 g/mol. The molecular formula is C29H34N3O2S+. The van der Waals surface area contributed by atoms with Gasteiger partial charge in [0.15, 0.2) is 0 Å². The number of nitrogens with zero attached hydrogens (tertiary/aromatic N) is 1. The van der Waals surface area contributed by atoms with E-state index in [-0.39, 0.29) is 11.8 Å². The standard InChI is InChI=1S/C29H33N3O2S/c1-20-7-6-10-23(17-20)27(33)30-28-26(24-12-11-21(2)18-25(24)35-28)29(34)32-15-13-31(14-16-32)19-22-8-4-3-5-9-22/h3-10,17,21H,11-16,18-19H2,1-2H3,(H,30,33)/p+1. The summed E-state index contributed by atoms with van der Waals surface area (Å²) in [4.78, 5) is 31.7. The number of fused-ring (bicyclic) bond motifs is 1. The Kier molecular flexibility index (Phi) is 7.02. The molecule has 2 aromatic carbocycles. The normalized spacial score (nSPS) is 18.2. The van der Waals surface area contributed by atoms with E-state index in [1.165, 1.54) is 15.3 Å². The highest BCUT2D eigenvalue weighted by Gasteiger charge is 2.33. The molecule has 2 amide bonds. The lowest BCUT2D eigenvalue weighted by atomic mass is 9.88. The molecule has 1 aliphatic heterocycles. The van der Waals surface area contributed by atoms with Gasteiger partial charge < -0.3 is 15.1 Å². The number of carbonyl (C=O) groups excluding carboxylic acids is 2. The molecule has 182 valence electrons. The molecule has 1 saturated heterocycles. The van der Waals surface area contributed by atoms with Gasteiger partial charge in [0.2, 0.25) is 0 Å². The summed E-state index contributed by atoms with van der Waals surface area (Å²) in [5.41, 5.74) is 4.91. The van der Waals surface area contributed by atoms with Crippen molar-refractivity contribution in [2.45, 2.75) is 39.7 Å². The smallest absolute Gasteiger partial charge is 0.257 e. The lowest BCUT2D eigenvalue weighted by Crippen LogP contribution is -3.13. The van der Waals surface area contributed by atoms with Crippen molar-refractivity contribution in [2.24, 2.45) is 5.92 Å². The molecule has 1 aromatic heterocycles. The number of carbonyl (C=O) groups is 2. The zero-order valence-corrected chi connectivity index (χ0v) is 21.4. The summed E-state index contributed by atoms with van der Waals surface area (Å²) in [6.45, 7) is 8.61. The Balaban J connectivity index is 1.34. The summed E-state index contributed by atoms with van der Waals surface area (Å²) >= 11 is 1.60. The fourth-order valence-electron chi connectivity index (χ4n) is 5.27. The first-order valence-corrected chi connectivity index (χ1v) is 13.5. The molecule has 0 spiro atoms. The first-order valence-electron chi connectivity index (χ1n) is 12.7. The number of benzene rings is 2. The monoisotopic (exact) mass is 488 g/mol. The van der Waals surface area contributed by atoms with Gasteiger partial charge in [-0.25, -0.2) is 0 Å². The summed E-state index contributed by atoms with van der Waals surface area (Å²) in [7, 11) is 0. The summed E-state index contributed by atoms with van der Waals surface area (Å²) in [6, 6.07) is 18.2. The van der Waals surface area contributed by atoms with Gasteiger partial charge in [-0.3, -0.25) is 9.59 Å². The number of rotatable bonds is 5. The number of amides is 2. The van der Waals surface area contributed by atoms with Gasteiger partial charge in [-0.15, -0.1) is 11.3 Å². The molecule has 2 N–H and O–H groups in total. The second-order valence-electron chi connectivity index (χ2n) is 10.1. The molecule has 1 unspecified atom stereocenters. The zero-order valence-electron chi connectivity index (χ0n) is 20.6. The third-order valence-corrected chi connectivity index (χ3v) is 8.46. The molecule has 1 aliphatic carbocycles. The molecule has 5 nitrogen and oxygen atoms in total. The Hall–Kier alpha value is -2.96. The molecule has 3 aromatic rings. The van der Waals surface area contributed by atoms with E-state index in [9.17, 15) is 9.59 Å². The first-order chi connectivity index (χ1) is 17.0. The summed E-state index contributed by atoms with van der Waals surface area (Å²) < 4.78 is 0. The van der Waals surface area contributed by atoms with Crippen LogP contribution in [0.1, 0.15) is 55.6 Å². The molecule has 0 bridgehead atoms. The topological polar surface area (TPSA) is 53.9 Å². The minimum atomic E-state index is -0.147. The Morgan fingerprint density at radius 1 is 1.09 bits per heavy atom. The van der Waals surface area contributed by atoms with Crippen LogP contribution in [0.2, 0.25) is 0 Å². The van der Waals surface area contributed by atoms with Gasteiger partial charge in [0.25, 0.3) is 11.8 Å². The van der Waals surface area contributed by atoms with E-state index in [4.69, 9.17) is 0 Å².